The van der Waals surface area contributed by atoms with E-state index in [9.17, 15) is 18.0 Å². The third-order valence-corrected chi connectivity index (χ3v) is 3.81. The van der Waals surface area contributed by atoms with Crippen molar-refractivity contribution in [2.45, 2.75) is 19.3 Å². The van der Waals surface area contributed by atoms with Gasteiger partial charge in [0.15, 0.2) is 5.58 Å². The third kappa shape index (κ3) is 4.42. The number of hydrogen-bond donors (Lipinski definition) is 1. The monoisotopic (exact) mass is 382 g/mol. The van der Waals surface area contributed by atoms with Crippen molar-refractivity contribution in [2.75, 3.05) is 5.32 Å². The number of anilines is 1. The average Bonchev–Trinajstić information content (AvgIpc) is 2.89. The predicted molar refractivity (Wildman–Crippen MR) is 91.4 cm³/mol. The molecule has 26 heavy (non-hydrogen) atoms. The fourth-order valence-corrected chi connectivity index (χ4v) is 2.68. The van der Waals surface area contributed by atoms with Crippen LogP contribution in [0.2, 0.25) is 0 Å². The number of nitrogens with one attached hydrogen (secondary N) is 1. The highest BCUT2D eigenvalue weighted by molar-refractivity contribution is 7.71. The topological polar surface area (TPSA) is 56.4 Å². The summed E-state index contributed by atoms with van der Waals surface area (Å²) in [5.74, 6) is -0.659. The summed E-state index contributed by atoms with van der Waals surface area (Å²) < 4.78 is 47.3. The lowest BCUT2D eigenvalue weighted by Gasteiger charge is -2.10. The fourth-order valence-electron chi connectivity index (χ4n) is 2.40. The van der Waals surface area contributed by atoms with E-state index in [1.165, 1.54) is 12.1 Å². The molecule has 136 valence electrons. The summed E-state index contributed by atoms with van der Waals surface area (Å²) in [6, 6.07) is 12.2. The molecule has 0 aliphatic carbocycles. The highest BCUT2D eigenvalue weighted by Gasteiger charge is 2.30. The van der Waals surface area contributed by atoms with Crippen LogP contribution >= 0.6 is 12.2 Å². The molecular formula is C17H13F3N2O3S. The summed E-state index contributed by atoms with van der Waals surface area (Å²) in [6.07, 6.45) is -4.63. The number of alkyl halides is 3. The SMILES string of the molecule is O=C(CCn1c(=S)oc2ccccc21)Nc1ccc(OC(F)(F)F)cc1. The zero-order valence-electron chi connectivity index (χ0n) is 13.2. The smallest absolute Gasteiger partial charge is 0.429 e. The Morgan fingerprint density at radius 3 is 2.54 bits per heavy atom. The molecule has 1 amide bonds. The number of aromatic nitrogens is 1. The number of oxazole rings is 1. The van der Waals surface area contributed by atoms with Gasteiger partial charge in [0, 0.05) is 18.7 Å². The number of hydrogen-bond acceptors (Lipinski definition) is 4. The van der Waals surface area contributed by atoms with Gasteiger partial charge in [-0.15, -0.1) is 13.2 Å². The van der Waals surface area contributed by atoms with Gasteiger partial charge in [0.1, 0.15) is 5.75 Å². The largest absolute Gasteiger partial charge is 0.573 e. The zero-order chi connectivity index (χ0) is 18.7. The Labute approximate surface area is 151 Å². The normalized spacial score (nSPS) is 11.5. The first kappa shape index (κ1) is 18.0. The lowest BCUT2D eigenvalue weighted by molar-refractivity contribution is -0.274. The van der Waals surface area contributed by atoms with Crippen LogP contribution in [0, 0.1) is 4.84 Å². The van der Waals surface area contributed by atoms with Crippen molar-refractivity contribution in [1.82, 2.24) is 4.57 Å². The minimum absolute atomic E-state index is 0.124. The molecule has 5 nitrogen and oxygen atoms in total. The van der Waals surface area contributed by atoms with Crippen LogP contribution in [0.25, 0.3) is 11.1 Å². The summed E-state index contributed by atoms with van der Waals surface area (Å²) in [6.45, 7) is 0.316. The number of amides is 1. The minimum atomic E-state index is -4.75. The number of benzene rings is 2. The van der Waals surface area contributed by atoms with E-state index in [4.69, 9.17) is 16.6 Å². The quantitative estimate of drug-likeness (QED) is 0.639. The number of rotatable bonds is 5. The van der Waals surface area contributed by atoms with Crippen LogP contribution in [0.15, 0.2) is 52.9 Å². The van der Waals surface area contributed by atoms with Crippen LogP contribution in [-0.4, -0.2) is 16.8 Å². The molecule has 0 aliphatic rings. The first-order chi connectivity index (χ1) is 12.3. The Balaban J connectivity index is 1.60. The number of halogens is 3. The molecule has 0 spiro atoms. The Bertz CT molecular complexity index is 977. The lowest BCUT2D eigenvalue weighted by Crippen LogP contribution is -2.17. The van der Waals surface area contributed by atoms with E-state index in [0.717, 1.165) is 17.6 Å². The maximum Gasteiger partial charge on any atom is 0.573 e. The Morgan fingerprint density at radius 1 is 1.15 bits per heavy atom. The first-order valence-corrected chi connectivity index (χ1v) is 7.97. The summed E-state index contributed by atoms with van der Waals surface area (Å²) >= 11 is 5.15. The van der Waals surface area contributed by atoms with Crippen molar-refractivity contribution in [1.29, 1.82) is 0 Å². The number of fused-ring (bicyclic) bond motifs is 1. The maximum absolute atomic E-state index is 12.1. The van der Waals surface area contributed by atoms with Gasteiger partial charge in [-0.3, -0.25) is 9.36 Å². The number of carbonyl (C=O) groups excluding carboxylic acids is 1. The van der Waals surface area contributed by atoms with E-state index < -0.39 is 6.36 Å². The van der Waals surface area contributed by atoms with Crippen LogP contribution in [0.1, 0.15) is 6.42 Å². The number of nitrogens with zero attached hydrogens (tertiary/aromatic N) is 1. The number of aryl methyl sites for hydroxylation is 1. The van der Waals surface area contributed by atoms with Gasteiger partial charge in [0.05, 0.1) is 5.52 Å². The molecule has 0 unspecified atom stereocenters. The fraction of sp³-hybridized carbons (Fsp3) is 0.176. The Hall–Kier alpha value is -2.81. The van der Waals surface area contributed by atoms with E-state index in [0.29, 0.717) is 17.8 Å². The van der Waals surface area contributed by atoms with Gasteiger partial charge in [-0.1, -0.05) is 12.1 Å². The van der Waals surface area contributed by atoms with Crippen LogP contribution in [0.5, 0.6) is 5.75 Å². The highest BCUT2D eigenvalue weighted by Crippen LogP contribution is 2.24. The Morgan fingerprint density at radius 2 is 1.85 bits per heavy atom. The maximum atomic E-state index is 12.1. The van der Waals surface area contributed by atoms with Crippen molar-refractivity contribution in [3.05, 3.63) is 53.4 Å². The summed E-state index contributed by atoms with van der Waals surface area (Å²) in [5, 5.41) is 2.61. The average molecular weight is 382 g/mol. The van der Waals surface area contributed by atoms with E-state index in [2.05, 4.69) is 10.1 Å². The molecule has 9 heteroatoms. The van der Waals surface area contributed by atoms with Crippen LogP contribution in [-0.2, 0) is 11.3 Å². The van der Waals surface area contributed by atoms with Gasteiger partial charge in [0.2, 0.25) is 5.91 Å². The van der Waals surface area contributed by atoms with E-state index >= 15 is 0 Å². The molecule has 1 aromatic heterocycles. The standard InChI is InChI=1S/C17H13F3N2O3S/c18-17(19,20)25-12-7-5-11(6-8-12)21-15(23)9-10-22-13-3-1-2-4-14(13)24-16(22)26/h1-8H,9-10H2,(H,21,23). The summed E-state index contributed by atoms with van der Waals surface area (Å²) in [4.78, 5) is 12.3. The molecule has 0 radical (unpaired) electrons. The van der Waals surface area contributed by atoms with Gasteiger partial charge in [-0.2, -0.15) is 0 Å². The second-order valence-corrected chi connectivity index (χ2v) is 5.71. The van der Waals surface area contributed by atoms with Crippen molar-refractivity contribution in [2.24, 2.45) is 0 Å². The molecule has 1 N–H and O–H groups in total. The van der Waals surface area contributed by atoms with Crippen molar-refractivity contribution in [3.8, 4) is 5.75 Å². The third-order valence-electron chi connectivity index (χ3n) is 3.51. The lowest BCUT2D eigenvalue weighted by atomic mass is 10.3. The van der Waals surface area contributed by atoms with Gasteiger partial charge in [-0.05, 0) is 48.6 Å². The molecule has 0 aliphatic heterocycles. The van der Waals surface area contributed by atoms with E-state index in [-0.39, 0.29) is 22.9 Å². The number of ether oxygens (including phenoxy) is 1. The molecule has 0 fully saturated rings. The van der Waals surface area contributed by atoms with Gasteiger partial charge in [0.25, 0.3) is 4.84 Å². The molecule has 0 saturated heterocycles. The number of para-hydroxylation sites is 2. The molecule has 0 atom stereocenters. The molecule has 2 aromatic carbocycles. The van der Waals surface area contributed by atoms with Gasteiger partial charge < -0.3 is 14.5 Å². The summed E-state index contributed by atoms with van der Waals surface area (Å²) in [5.41, 5.74) is 1.79. The van der Waals surface area contributed by atoms with Crippen molar-refractivity contribution < 1.29 is 27.1 Å². The molecule has 3 rings (SSSR count). The van der Waals surface area contributed by atoms with Gasteiger partial charge in [-0.25, -0.2) is 0 Å². The van der Waals surface area contributed by atoms with Gasteiger partial charge >= 0.3 is 6.36 Å². The second kappa shape index (κ2) is 7.20. The van der Waals surface area contributed by atoms with Crippen LogP contribution < -0.4 is 10.1 Å². The Kier molecular flexibility index (Phi) is 4.99. The van der Waals surface area contributed by atoms with Crippen molar-refractivity contribution in [3.63, 3.8) is 0 Å². The molecule has 3 aromatic rings. The molecule has 1 heterocycles. The van der Waals surface area contributed by atoms with Crippen LogP contribution in [0.3, 0.4) is 0 Å². The minimum Gasteiger partial charge on any atom is -0.429 e. The molecular weight excluding hydrogens is 369 g/mol. The zero-order valence-corrected chi connectivity index (χ0v) is 14.1. The number of carbonyl (C=O) groups is 1. The molecule has 0 bridgehead atoms. The molecule has 0 saturated carbocycles. The predicted octanol–water partition coefficient (Wildman–Crippen LogP) is 4.89. The summed E-state index contributed by atoms with van der Waals surface area (Å²) in [7, 11) is 0. The van der Waals surface area contributed by atoms with Crippen LogP contribution in [0.4, 0.5) is 18.9 Å². The second-order valence-electron chi connectivity index (χ2n) is 5.36. The van der Waals surface area contributed by atoms with Crippen molar-refractivity contribution >= 4 is 34.9 Å². The van der Waals surface area contributed by atoms with E-state index in [1.54, 1.807) is 10.6 Å². The van der Waals surface area contributed by atoms with E-state index in [1.807, 2.05) is 18.2 Å². The first-order valence-electron chi connectivity index (χ1n) is 7.56. The highest BCUT2D eigenvalue weighted by atomic mass is 32.1.